The van der Waals surface area contributed by atoms with Gasteiger partial charge in [0, 0.05) is 0 Å². The lowest BCUT2D eigenvalue weighted by atomic mass is 10.1. The van der Waals surface area contributed by atoms with Crippen molar-refractivity contribution < 1.29 is 14.3 Å². The van der Waals surface area contributed by atoms with Crippen LogP contribution in [0, 0.1) is 11.3 Å². The molecule has 0 aromatic heterocycles. The van der Waals surface area contributed by atoms with Crippen molar-refractivity contribution in [1.29, 1.82) is 5.26 Å². The first-order valence-corrected chi connectivity index (χ1v) is 8.40. The summed E-state index contributed by atoms with van der Waals surface area (Å²) in [6.07, 6.45) is 0.229. The molecule has 3 rings (SSSR count). The van der Waals surface area contributed by atoms with Gasteiger partial charge in [-0.25, -0.2) is 0 Å². The number of ether oxygens (including phenoxy) is 1. The summed E-state index contributed by atoms with van der Waals surface area (Å²) in [6, 6.07) is 16.1. The predicted octanol–water partition coefficient (Wildman–Crippen LogP) is 2.55. The number of carbonyl (C=O) groups excluding carboxylic acids is 2. The van der Waals surface area contributed by atoms with E-state index in [2.05, 4.69) is 11.4 Å². The molecule has 0 fully saturated rings. The maximum absolute atomic E-state index is 12.5. The molecular formula is C20H19N3O3. The summed E-state index contributed by atoms with van der Waals surface area (Å²) in [5.74, 6) is 0.203. The molecule has 2 amide bonds. The van der Waals surface area contributed by atoms with Gasteiger partial charge >= 0.3 is 0 Å². The Morgan fingerprint density at radius 3 is 2.73 bits per heavy atom. The quantitative estimate of drug-likeness (QED) is 0.920. The molecule has 1 aliphatic rings. The average molecular weight is 349 g/mol. The third-order valence-electron chi connectivity index (χ3n) is 4.25. The van der Waals surface area contributed by atoms with E-state index in [0.29, 0.717) is 23.6 Å². The van der Waals surface area contributed by atoms with E-state index in [9.17, 15) is 9.59 Å². The van der Waals surface area contributed by atoms with Gasteiger partial charge in [-0.2, -0.15) is 5.26 Å². The molecule has 0 saturated heterocycles. The maximum Gasteiger partial charge on any atom is 0.240 e. The smallest absolute Gasteiger partial charge is 0.240 e. The number of nitrogens with zero attached hydrogens (tertiary/aromatic N) is 2. The minimum Gasteiger partial charge on any atom is -0.491 e. The number of carbonyl (C=O) groups is 2. The van der Waals surface area contributed by atoms with Crippen LogP contribution in [-0.2, 0) is 9.59 Å². The van der Waals surface area contributed by atoms with Crippen molar-refractivity contribution in [2.75, 3.05) is 18.1 Å². The van der Waals surface area contributed by atoms with E-state index in [1.807, 2.05) is 31.2 Å². The number of hydrogen-bond donors (Lipinski definition) is 1. The van der Waals surface area contributed by atoms with Gasteiger partial charge < -0.3 is 10.1 Å². The molecule has 1 atom stereocenters. The summed E-state index contributed by atoms with van der Waals surface area (Å²) in [4.78, 5) is 26.3. The lowest BCUT2D eigenvalue weighted by Gasteiger charge is -2.22. The topological polar surface area (TPSA) is 82.4 Å². The Morgan fingerprint density at radius 1 is 1.27 bits per heavy atom. The van der Waals surface area contributed by atoms with Gasteiger partial charge in [0.15, 0.2) is 0 Å². The van der Waals surface area contributed by atoms with Crippen molar-refractivity contribution in [1.82, 2.24) is 5.32 Å². The van der Waals surface area contributed by atoms with Crippen LogP contribution in [0.1, 0.15) is 30.5 Å². The van der Waals surface area contributed by atoms with Crippen molar-refractivity contribution in [3.05, 3.63) is 59.7 Å². The molecule has 6 nitrogen and oxygen atoms in total. The van der Waals surface area contributed by atoms with Crippen LogP contribution in [0.4, 0.5) is 5.69 Å². The highest BCUT2D eigenvalue weighted by atomic mass is 16.5. The largest absolute Gasteiger partial charge is 0.491 e. The Labute approximate surface area is 152 Å². The van der Waals surface area contributed by atoms with Crippen LogP contribution in [0.5, 0.6) is 5.75 Å². The summed E-state index contributed by atoms with van der Waals surface area (Å²) < 4.78 is 5.58. The molecule has 0 bridgehead atoms. The molecule has 2 aromatic rings. The second kappa shape index (κ2) is 7.70. The molecule has 0 saturated carbocycles. The predicted molar refractivity (Wildman–Crippen MR) is 96.6 cm³/mol. The number of amides is 2. The first kappa shape index (κ1) is 17.5. The van der Waals surface area contributed by atoms with Gasteiger partial charge in [0.05, 0.1) is 36.4 Å². The third kappa shape index (κ3) is 3.83. The van der Waals surface area contributed by atoms with Crippen molar-refractivity contribution in [2.45, 2.75) is 19.4 Å². The van der Waals surface area contributed by atoms with Gasteiger partial charge in [-0.1, -0.05) is 24.3 Å². The number of nitrogens with one attached hydrogen (secondary N) is 1. The van der Waals surface area contributed by atoms with E-state index in [1.54, 1.807) is 24.3 Å². The molecule has 0 aliphatic carbocycles. The van der Waals surface area contributed by atoms with Gasteiger partial charge in [0.25, 0.3) is 0 Å². The highest BCUT2D eigenvalue weighted by Gasteiger charge is 2.25. The number of para-hydroxylation sites is 2. The summed E-state index contributed by atoms with van der Waals surface area (Å²) >= 11 is 0. The van der Waals surface area contributed by atoms with Crippen LogP contribution in [0.25, 0.3) is 0 Å². The summed E-state index contributed by atoms with van der Waals surface area (Å²) in [5.41, 5.74) is 2.07. The molecule has 0 radical (unpaired) electrons. The monoisotopic (exact) mass is 349 g/mol. The molecule has 0 unspecified atom stereocenters. The minimum absolute atomic E-state index is 0.0696. The van der Waals surface area contributed by atoms with E-state index >= 15 is 0 Å². The number of benzene rings is 2. The Kier molecular flexibility index (Phi) is 5.18. The zero-order chi connectivity index (χ0) is 18.5. The summed E-state index contributed by atoms with van der Waals surface area (Å²) in [7, 11) is 0. The lowest BCUT2D eigenvalue weighted by Crippen LogP contribution is -2.41. The lowest BCUT2D eigenvalue weighted by molar-refractivity contribution is -0.124. The fourth-order valence-corrected chi connectivity index (χ4v) is 2.85. The zero-order valence-corrected chi connectivity index (χ0v) is 14.4. The fraction of sp³-hybridized carbons (Fsp3) is 0.250. The van der Waals surface area contributed by atoms with Crippen LogP contribution in [-0.4, -0.2) is 25.0 Å². The van der Waals surface area contributed by atoms with Crippen LogP contribution >= 0.6 is 0 Å². The molecule has 2 aromatic carbocycles. The fourth-order valence-electron chi connectivity index (χ4n) is 2.85. The van der Waals surface area contributed by atoms with Gasteiger partial charge in [-0.05, 0) is 36.8 Å². The molecule has 1 heterocycles. The summed E-state index contributed by atoms with van der Waals surface area (Å²) in [5, 5.41) is 11.8. The second-order valence-corrected chi connectivity index (χ2v) is 6.07. The van der Waals surface area contributed by atoms with Crippen LogP contribution in [0.15, 0.2) is 48.5 Å². The van der Waals surface area contributed by atoms with Gasteiger partial charge in [-0.3, -0.25) is 14.5 Å². The number of rotatable bonds is 4. The van der Waals surface area contributed by atoms with E-state index in [1.165, 1.54) is 4.90 Å². The van der Waals surface area contributed by atoms with Crippen molar-refractivity contribution in [3.63, 3.8) is 0 Å². The molecule has 1 N–H and O–H groups in total. The molecule has 26 heavy (non-hydrogen) atoms. The second-order valence-electron chi connectivity index (χ2n) is 6.07. The number of fused-ring (bicyclic) bond motifs is 1. The Morgan fingerprint density at radius 2 is 2.00 bits per heavy atom. The molecule has 1 aliphatic heterocycles. The Bertz CT molecular complexity index is 855. The molecule has 6 heteroatoms. The zero-order valence-electron chi connectivity index (χ0n) is 14.4. The first-order chi connectivity index (χ1) is 12.6. The highest BCUT2D eigenvalue weighted by Crippen LogP contribution is 2.30. The number of hydrogen-bond acceptors (Lipinski definition) is 4. The van der Waals surface area contributed by atoms with Gasteiger partial charge in [0.2, 0.25) is 11.8 Å². The third-order valence-corrected chi connectivity index (χ3v) is 4.25. The van der Waals surface area contributed by atoms with E-state index < -0.39 is 0 Å². The van der Waals surface area contributed by atoms with Gasteiger partial charge in [0.1, 0.15) is 12.3 Å². The SMILES string of the molecule is C[C@H](NC(=O)CN1C(=O)CCOc2ccccc21)c1ccc(C#N)cc1. The molecule has 132 valence electrons. The van der Waals surface area contributed by atoms with Gasteiger partial charge in [-0.15, -0.1) is 0 Å². The summed E-state index contributed by atoms with van der Waals surface area (Å²) in [6.45, 7) is 2.09. The normalized spacial score (nSPS) is 14.5. The van der Waals surface area contributed by atoms with E-state index in [4.69, 9.17) is 10.00 Å². The van der Waals surface area contributed by atoms with Crippen LogP contribution in [0.2, 0.25) is 0 Å². The molecular weight excluding hydrogens is 330 g/mol. The van der Waals surface area contributed by atoms with E-state index in [0.717, 1.165) is 5.56 Å². The highest BCUT2D eigenvalue weighted by molar-refractivity contribution is 6.00. The molecule has 0 spiro atoms. The number of anilines is 1. The van der Waals surface area contributed by atoms with Crippen molar-refractivity contribution in [3.8, 4) is 11.8 Å². The first-order valence-electron chi connectivity index (χ1n) is 8.40. The van der Waals surface area contributed by atoms with Crippen molar-refractivity contribution in [2.24, 2.45) is 0 Å². The Balaban J connectivity index is 1.70. The van der Waals surface area contributed by atoms with E-state index in [-0.39, 0.29) is 30.8 Å². The maximum atomic E-state index is 12.5. The van der Waals surface area contributed by atoms with Crippen molar-refractivity contribution >= 4 is 17.5 Å². The Hall–Kier alpha value is -3.33. The average Bonchev–Trinajstić information content (AvgIpc) is 2.81. The van der Waals surface area contributed by atoms with Crippen LogP contribution < -0.4 is 15.0 Å². The van der Waals surface area contributed by atoms with Crippen LogP contribution in [0.3, 0.4) is 0 Å². The minimum atomic E-state index is -0.257. The standard InChI is InChI=1S/C20H19N3O3/c1-14(16-8-6-15(12-21)7-9-16)22-19(24)13-23-17-4-2-3-5-18(17)26-11-10-20(23)25/h2-9,14H,10-11,13H2,1H3,(H,22,24)/t14-/m0/s1. The number of nitriles is 1.